The van der Waals surface area contributed by atoms with Gasteiger partial charge in [0.05, 0.1) is 6.20 Å². The average Bonchev–Trinajstić information content (AvgIpc) is 2.84. The number of hydrogen-bond donors (Lipinski definition) is 1. The number of nitrogens with one attached hydrogen (secondary N) is 1. The van der Waals surface area contributed by atoms with E-state index in [0.29, 0.717) is 6.04 Å². The average molecular weight is 221 g/mol. The molecule has 3 nitrogen and oxygen atoms in total. The molecular formula is C13H23N3. The van der Waals surface area contributed by atoms with Crippen LogP contribution in [0.2, 0.25) is 0 Å². The summed E-state index contributed by atoms with van der Waals surface area (Å²) in [7, 11) is 1.99. The molecule has 1 fully saturated rings. The van der Waals surface area contributed by atoms with Crippen LogP contribution in [-0.4, -0.2) is 16.3 Å². The molecule has 0 amide bonds. The Kier molecular flexibility index (Phi) is 3.64. The lowest BCUT2D eigenvalue weighted by Crippen LogP contribution is -2.29. The molecule has 0 radical (unpaired) electrons. The van der Waals surface area contributed by atoms with Gasteiger partial charge in [-0.1, -0.05) is 26.7 Å². The van der Waals surface area contributed by atoms with E-state index in [9.17, 15) is 0 Å². The lowest BCUT2D eigenvalue weighted by molar-refractivity contribution is 0.305. The summed E-state index contributed by atoms with van der Waals surface area (Å²) in [5, 5.41) is 7.92. The highest BCUT2D eigenvalue weighted by molar-refractivity contribution is 5.12. The van der Waals surface area contributed by atoms with Crippen molar-refractivity contribution >= 4 is 0 Å². The van der Waals surface area contributed by atoms with Gasteiger partial charge < -0.3 is 5.32 Å². The second-order valence-electron chi connectivity index (χ2n) is 5.05. The van der Waals surface area contributed by atoms with Gasteiger partial charge in [-0.05, 0) is 24.8 Å². The first kappa shape index (κ1) is 11.6. The fourth-order valence-corrected chi connectivity index (χ4v) is 3.01. The number of nitrogens with zero attached hydrogens (tertiary/aromatic N) is 2. The van der Waals surface area contributed by atoms with Crippen LogP contribution in [0.3, 0.4) is 0 Å². The molecule has 1 aliphatic carbocycles. The van der Waals surface area contributed by atoms with Crippen molar-refractivity contribution in [3.05, 3.63) is 18.0 Å². The smallest absolute Gasteiger partial charge is 0.0537 e. The Morgan fingerprint density at radius 1 is 1.56 bits per heavy atom. The monoisotopic (exact) mass is 221 g/mol. The van der Waals surface area contributed by atoms with Gasteiger partial charge in [0.1, 0.15) is 0 Å². The number of hydrogen-bond acceptors (Lipinski definition) is 2. The van der Waals surface area contributed by atoms with Crippen LogP contribution < -0.4 is 5.32 Å². The lowest BCUT2D eigenvalue weighted by atomic mass is 9.87. The Balaban J connectivity index is 2.16. The molecule has 3 heteroatoms. The minimum absolute atomic E-state index is 0.496. The Morgan fingerprint density at radius 2 is 2.38 bits per heavy atom. The third-order valence-electron chi connectivity index (χ3n) is 3.86. The Labute approximate surface area is 98.2 Å². The maximum atomic E-state index is 4.29. The molecule has 1 saturated carbocycles. The summed E-state index contributed by atoms with van der Waals surface area (Å²) in [6, 6.07) is 0.496. The molecule has 1 aliphatic rings. The van der Waals surface area contributed by atoms with Crippen molar-refractivity contribution < 1.29 is 0 Å². The van der Waals surface area contributed by atoms with Crippen molar-refractivity contribution in [2.24, 2.45) is 18.9 Å². The normalized spacial score (nSPS) is 27.2. The molecule has 1 heterocycles. The molecule has 2 rings (SSSR count). The van der Waals surface area contributed by atoms with Gasteiger partial charge in [-0.15, -0.1) is 0 Å². The van der Waals surface area contributed by atoms with E-state index in [1.54, 1.807) is 0 Å². The second kappa shape index (κ2) is 5.00. The molecule has 3 unspecified atom stereocenters. The second-order valence-corrected chi connectivity index (χ2v) is 5.05. The molecule has 90 valence electrons. The highest BCUT2D eigenvalue weighted by Gasteiger charge is 2.31. The van der Waals surface area contributed by atoms with Gasteiger partial charge in [0.15, 0.2) is 0 Å². The molecule has 0 aromatic carbocycles. The van der Waals surface area contributed by atoms with Crippen LogP contribution in [0.5, 0.6) is 0 Å². The van der Waals surface area contributed by atoms with Crippen molar-refractivity contribution in [1.82, 2.24) is 15.1 Å². The van der Waals surface area contributed by atoms with Crippen molar-refractivity contribution in [2.75, 3.05) is 6.54 Å². The Morgan fingerprint density at radius 3 is 2.88 bits per heavy atom. The van der Waals surface area contributed by atoms with Crippen molar-refractivity contribution in [2.45, 2.75) is 39.2 Å². The first-order valence-electron chi connectivity index (χ1n) is 6.44. The summed E-state index contributed by atoms with van der Waals surface area (Å²) in [6.45, 7) is 5.60. The molecule has 0 aliphatic heterocycles. The van der Waals surface area contributed by atoms with Crippen LogP contribution in [0, 0.1) is 11.8 Å². The predicted octanol–water partition coefficient (Wildman–Crippen LogP) is 2.51. The number of aryl methyl sites for hydroxylation is 1. The summed E-state index contributed by atoms with van der Waals surface area (Å²) in [4.78, 5) is 0. The summed E-state index contributed by atoms with van der Waals surface area (Å²) < 4.78 is 1.90. The minimum atomic E-state index is 0.496. The summed E-state index contributed by atoms with van der Waals surface area (Å²) in [5.74, 6) is 1.62. The van der Waals surface area contributed by atoms with Crippen LogP contribution in [0.4, 0.5) is 0 Å². The van der Waals surface area contributed by atoms with Crippen LogP contribution in [0.1, 0.15) is 44.7 Å². The van der Waals surface area contributed by atoms with E-state index in [-0.39, 0.29) is 0 Å². The van der Waals surface area contributed by atoms with Crippen molar-refractivity contribution in [1.29, 1.82) is 0 Å². The quantitative estimate of drug-likeness (QED) is 0.846. The van der Waals surface area contributed by atoms with Crippen molar-refractivity contribution in [3.63, 3.8) is 0 Å². The van der Waals surface area contributed by atoms with Crippen LogP contribution in [0.15, 0.2) is 12.4 Å². The first-order valence-corrected chi connectivity index (χ1v) is 6.44. The van der Waals surface area contributed by atoms with Gasteiger partial charge in [-0.2, -0.15) is 5.10 Å². The van der Waals surface area contributed by atoms with E-state index in [1.165, 1.54) is 24.8 Å². The largest absolute Gasteiger partial charge is 0.310 e. The Bertz CT molecular complexity index is 332. The van der Waals surface area contributed by atoms with E-state index in [4.69, 9.17) is 0 Å². The summed E-state index contributed by atoms with van der Waals surface area (Å²) in [6.07, 6.45) is 8.28. The minimum Gasteiger partial charge on any atom is -0.310 e. The first-order chi connectivity index (χ1) is 7.72. The lowest BCUT2D eigenvalue weighted by Gasteiger charge is -2.26. The zero-order valence-corrected chi connectivity index (χ0v) is 10.6. The molecule has 1 aromatic rings. The van der Waals surface area contributed by atoms with E-state index in [1.807, 2.05) is 17.9 Å². The van der Waals surface area contributed by atoms with Crippen LogP contribution in [-0.2, 0) is 7.05 Å². The van der Waals surface area contributed by atoms with E-state index >= 15 is 0 Å². The van der Waals surface area contributed by atoms with Gasteiger partial charge in [-0.3, -0.25) is 4.68 Å². The maximum absolute atomic E-state index is 4.29. The number of rotatable bonds is 4. The third-order valence-corrected chi connectivity index (χ3v) is 3.86. The van der Waals surface area contributed by atoms with E-state index in [0.717, 1.165) is 18.4 Å². The summed E-state index contributed by atoms with van der Waals surface area (Å²) in [5.41, 5.74) is 1.35. The molecule has 1 N–H and O–H groups in total. The molecule has 16 heavy (non-hydrogen) atoms. The molecule has 0 saturated heterocycles. The fourth-order valence-electron chi connectivity index (χ4n) is 3.01. The molecular weight excluding hydrogens is 198 g/mol. The third kappa shape index (κ3) is 2.29. The van der Waals surface area contributed by atoms with E-state index in [2.05, 4.69) is 30.5 Å². The van der Waals surface area contributed by atoms with Crippen molar-refractivity contribution in [3.8, 4) is 0 Å². The topological polar surface area (TPSA) is 29.9 Å². The standard InChI is InChI=1S/C13H23N3/c1-4-14-13(11-8-15-16(3)9-11)12-7-5-6-10(12)2/h8-10,12-14H,4-7H2,1-3H3. The zero-order valence-electron chi connectivity index (χ0n) is 10.6. The Hall–Kier alpha value is -0.830. The SMILES string of the molecule is CCNC(c1cnn(C)c1)C1CCCC1C. The molecule has 0 spiro atoms. The predicted molar refractivity (Wildman–Crippen MR) is 66.1 cm³/mol. The van der Waals surface area contributed by atoms with Gasteiger partial charge >= 0.3 is 0 Å². The molecule has 1 aromatic heterocycles. The van der Waals surface area contributed by atoms with Gasteiger partial charge in [-0.25, -0.2) is 0 Å². The van der Waals surface area contributed by atoms with Gasteiger partial charge in [0.2, 0.25) is 0 Å². The summed E-state index contributed by atoms with van der Waals surface area (Å²) >= 11 is 0. The maximum Gasteiger partial charge on any atom is 0.0537 e. The molecule has 3 atom stereocenters. The zero-order chi connectivity index (χ0) is 11.5. The highest BCUT2D eigenvalue weighted by atomic mass is 15.2. The van der Waals surface area contributed by atoms with Gasteiger partial charge in [0, 0.05) is 24.8 Å². The van der Waals surface area contributed by atoms with Crippen LogP contribution in [0.25, 0.3) is 0 Å². The highest BCUT2D eigenvalue weighted by Crippen LogP contribution is 2.39. The van der Waals surface area contributed by atoms with E-state index < -0.39 is 0 Å². The fraction of sp³-hybridized carbons (Fsp3) is 0.769. The van der Waals surface area contributed by atoms with Crippen LogP contribution >= 0.6 is 0 Å². The number of aromatic nitrogens is 2. The molecule has 0 bridgehead atoms. The van der Waals surface area contributed by atoms with Gasteiger partial charge in [0.25, 0.3) is 0 Å².